The van der Waals surface area contributed by atoms with Crippen LogP contribution >= 0.6 is 35.3 Å². The second-order valence-corrected chi connectivity index (χ2v) is 8.95. The van der Waals surface area contributed by atoms with Gasteiger partial charge in [0, 0.05) is 50.4 Å². The van der Waals surface area contributed by atoms with Crippen molar-refractivity contribution < 1.29 is 4.79 Å². The number of amides is 1. The summed E-state index contributed by atoms with van der Waals surface area (Å²) in [5.74, 6) is 1.36. The molecule has 2 heterocycles. The van der Waals surface area contributed by atoms with Crippen molar-refractivity contribution in [2.75, 3.05) is 47.3 Å². The summed E-state index contributed by atoms with van der Waals surface area (Å²) in [7, 11) is 5.98. The number of rotatable bonds is 9. The summed E-state index contributed by atoms with van der Waals surface area (Å²) in [5.41, 5.74) is 1.28. The number of nitrogens with one attached hydrogen (secondary N) is 2. The van der Waals surface area contributed by atoms with Gasteiger partial charge in [-0.15, -0.1) is 35.3 Å². The van der Waals surface area contributed by atoms with E-state index >= 15 is 0 Å². The van der Waals surface area contributed by atoms with Crippen molar-refractivity contribution in [2.24, 2.45) is 10.9 Å². The molecule has 1 aromatic carbocycles. The smallest absolute Gasteiger partial charge is 0.223 e. The Bertz CT molecular complexity index is 813. The van der Waals surface area contributed by atoms with Gasteiger partial charge in [0.1, 0.15) is 0 Å². The Morgan fingerprint density at radius 1 is 1.23 bits per heavy atom. The molecule has 0 spiro atoms. The summed E-state index contributed by atoms with van der Waals surface area (Å²) in [6.07, 6.45) is 1.51. The van der Waals surface area contributed by atoms with E-state index in [1.807, 2.05) is 23.1 Å². The van der Waals surface area contributed by atoms with Crippen LogP contribution in [0.4, 0.5) is 0 Å². The highest BCUT2D eigenvalue weighted by molar-refractivity contribution is 14.0. The van der Waals surface area contributed by atoms with Crippen molar-refractivity contribution in [1.29, 1.82) is 0 Å². The third kappa shape index (κ3) is 7.76. The van der Waals surface area contributed by atoms with E-state index < -0.39 is 0 Å². The first-order chi connectivity index (χ1) is 14.6. The SMILES string of the molecule is CN=C(NCC1CC(=O)N(CCc2ccccc2)C1)NCC(c1cccs1)N(C)C.I. The minimum atomic E-state index is 0. The summed E-state index contributed by atoms with van der Waals surface area (Å²) < 4.78 is 0. The second kappa shape index (κ2) is 13.0. The standard InChI is InChI=1S/C23H33N5OS.HI/c1-24-23(26-16-20(27(2)3)21-10-7-13-30-21)25-15-19-14-22(29)28(17-19)12-11-18-8-5-4-6-9-18;/h4-10,13,19-20H,11-12,14-17H2,1-3H3,(H2,24,25,26);1H. The molecule has 1 saturated heterocycles. The van der Waals surface area contributed by atoms with Gasteiger partial charge in [0.2, 0.25) is 5.91 Å². The lowest BCUT2D eigenvalue weighted by Crippen LogP contribution is -2.43. The molecule has 1 aliphatic rings. The number of thiophene rings is 1. The molecule has 1 aliphatic heterocycles. The normalized spacial score (nSPS) is 17.5. The van der Waals surface area contributed by atoms with Crippen molar-refractivity contribution in [3.8, 4) is 0 Å². The Labute approximate surface area is 207 Å². The molecular weight excluding hydrogens is 521 g/mol. The molecule has 0 saturated carbocycles. The Kier molecular flexibility index (Phi) is 10.8. The Balaban J connectivity index is 0.00000341. The molecular formula is C23H34IN5OS. The Morgan fingerprint density at radius 3 is 2.65 bits per heavy atom. The van der Waals surface area contributed by atoms with Gasteiger partial charge >= 0.3 is 0 Å². The summed E-state index contributed by atoms with van der Waals surface area (Å²) in [6.45, 7) is 3.13. The highest BCUT2D eigenvalue weighted by atomic mass is 127. The van der Waals surface area contributed by atoms with Crippen LogP contribution in [0, 0.1) is 5.92 Å². The third-order valence-electron chi connectivity index (χ3n) is 5.55. The van der Waals surface area contributed by atoms with E-state index in [9.17, 15) is 4.79 Å². The van der Waals surface area contributed by atoms with Gasteiger partial charge in [-0.25, -0.2) is 0 Å². The zero-order valence-electron chi connectivity index (χ0n) is 18.6. The minimum Gasteiger partial charge on any atom is -0.356 e. The van der Waals surface area contributed by atoms with E-state index in [0.29, 0.717) is 18.4 Å². The van der Waals surface area contributed by atoms with Crippen molar-refractivity contribution in [3.05, 3.63) is 58.3 Å². The summed E-state index contributed by atoms with van der Waals surface area (Å²) >= 11 is 1.77. The maximum absolute atomic E-state index is 12.4. The number of guanidine groups is 1. The van der Waals surface area contributed by atoms with E-state index in [2.05, 4.69) is 64.3 Å². The van der Waals surface area contributed by atoms with Crippen LogP contribution in [0.1, 0.15) is 22.9 Å². The molecule has 8 heteroatoms. The van der Waals surface area contributed by atoms with Gasteiger partial charge in [0.05, 0.1) is 6.04 Å². The van der Waals surface area contributed by atoms with Gasteiger partial charge in [-0.05, 0) is 37.5 Å². The molecule has 2 atom stereocenters. The van der Waals surface area contributed by atoms with E-state index in [1.54, 1.807) is 18.4 Å². The molecule has 2 unspecified atom stereocenters. The van der Waals surface area contributed by atoms with Crippen LogP contribution in [0.5, 0.6) is 0 Å². The first-order valence-corrected chi connectivity index (χ1v) is 11.4. The number of benzene rings is 1. The van der Waals surface area contributed by atoms with Crippen molar-refractivity contribution in [2.45, 2.75) is 18.9 Å². The first-order valence-electron chi connectivity index (χ1n) is 10.5. The predicted octanol–water partition coefficient (Wildman–Crippen LogP) is 3.23. The second-order valence-electron chi connectivity index (χ2n) is 7.97. The van der Waals surface area contributed by atoms with Gasteiger partial charge < -0.3 is 20.4 Å². The minimum absolute atomic E-state index is 0. The molecule has 1 aromatic heterocycles. The molecule has 31 heavy (non-hydrogen) atoms. The number of carbonyl (C=O) groups excluding carboxylic acids is 1. The molecule has 1 fully saturated rings. The zero-order chi connectivity index (χ0) is 21.3. The lowest BCUT2D eigenvalue weighted by molar-refractivity contribution is -0.127. The van der Waals surface area contributed by atoms with Crippen LogP contribution in [-0.4, -0.2) is 69.0 Å². The number of aliphatic imine (C=N–C) groups is 1. The summed E-state index contributed by atoms with van der Waals surface area (Å²) in [4.78, 5) is 22.3. The van der Waals surface area contributed by atoms with Crippen LogP contribution in [-0.2, 0) is 11.2 Å². The molecule has 2 N–H and O–H groups in total. The molecule has 3 rings (SSSR count). The van der Waals surface area contributed by atoms with Crippen molar-refractivity contribution in [1.82, 2.24) is 20.4 Å². The van der Waals surface area contributed by atoms with Crippen LogP contribution in [0.15, 0.2) is 52.8 Å². The highest BCUT2D eigenvalue weighted by Gasteiger charge is 2.29. The van der Waals surface area contributed by atoms with E-state index in [0.717, 1.165) is 38.6 Å². The first kappa shape index (κ1) is 25.6. The van der Waals surface area contributed by atoms with Gasteiger partial charge in [-0.3, -0.25) is 9.79 Å². The molecule has 2 aromatic rings. The highest BCUT2D eigenvalue weighted by Crippen LogP contribution is 2.22. The quantitative estimate of drug-likeness (QED) is 0.284. The number of hydrogen-bond donors (Lipinski definition) is 2. The molecule has 0 aliphatic carbocycles. The van der Waals surface area contributed by atoms with E-state index in [-0.39, 0.29) is 29.9 Å². The van der Waals surface area contributed by atoms with Crippen molar-refractivity contribution in [3.63, 3.8) is 0 Å². The van der Waals surface area contributed by atoms with Gasteiger partial charge in [-0.2, -0.15) is 0 Å². The maximum atomic E-state index is 12.4. The Morgan fingerprint density at radius 2 is 2.00 bits per heavy atom. The topological polar surface area (TPSA) is 60.0 Å². The lowest BCUT2D eigenvalue weighted by atomic mass is 10.1. The molecule has 170 valence electrons. The van der Waals surface area contributed by atoms with Crippen LogP contribution in [0.3, 0.4) is 0 Å². The maximum Gasteiger partial charge on any atom is 0.223 e. The van der Waals surface area contributed by atoms with E-state index in [1.165, 1.54) is 10.4 Å². The van der Waals surface area contributed by atoms with Crippen molar-refractivity contribution >= 4 is 47.2 Å². The largest absolute Gasteiger partial charge is 0.356 e. The monoisotopic (exact) mass is 555 g/mol. The molecule has 0 radical (unpaired) electrons. The molecule has 0 bridgehead atoms. The number of halogens is 1. The summed E-state index contributed by atoms with van der Waals surface area (Å²) in [6, 6.07) is 14.9. The molecule has 6 nitrogen and oxygen atoms in total. The van der Waals surface area contributed by atoms with Crippen LogP contribution in [0.25, 0.3) is 0 Å². The van der Waals surface area contributed by atoms with Gasteiger partial charge in [0.15, 0.2) is 5.96 Å². The zero-order valence-corrected chi connectivity index (χ0v) is 21.7. The fourth-order valence-corrected chi connectivity index (χ4v) is 4.71. The van der Waals surface area contributed by atoms with Crippen LogP contribution < -0.4 is 10.6 Å². The average molecular weight is 556 g/mol. The number of nitrogens with zero attached hydrogens (tertiary/aromatic N) is 3. The fraction of sp³-hybridized carbons (Fsp3) is 0.478. The van der Waals surface area contributed by atoms with E-state index in [4.69, 9.17) is 0 Å². The molecule has 1 amide bonds. The lowest BCUT2D eigenvalue weighted by Gasteiger charge is -2.25. The Hall–Kier alpha value is -1.65. The predicted molar refractivity (Wildman–Crippen MR) is 140 cm³/mol. The van der Waals surface area contributed by atoms with Gasteiger partial charge in [-0.1, -0.05) is 36.4 Å². The van der Waals surface area contributed by atoms with Gasteiger partial charge in [0.25, 0.3) is 0 Å². The fourth-order valence-electron chi connectivity index (χ4n) is 3.79. The number of likely N-dealkylation sites (tertiary alicyclic amines) is 1. The number of hydrogen-bond acceptors (Lipinski definition) is 4. The van der Waals surface area contributed by atoms with Crippen LogP contribution in [0.2, 0.25) is 0 Å². The summed E-state index contributed by atoms with van der Waals surface area (Å²) in [5, 5.41) is 8.96. The average Bonchev–Trinajstić information content (AvgIpc) is 3.39. The third-order valence-corrected chi connectivity index (χ3v) is 6.52. The number of carbonyl (C=O) groups is 1. The number of likely N-dealkylation sites (N-methyl/N-ethyl adjacent to an activating group) is 1.